The third-order valence-corrected chi connectivity index (χ3v) is 8.11. The van der Waals surface area contributed by atoms with Crippen molar-refractivity contribution in [2.75, 3.05) is 43.0 Å². The van der Waals surface area contributed by atoms with Crippen LogP contribution in [-0.2, 0) is 16.3 Å². The molecule has 1 heterocycles. The largest absolute Gasteiger partial charge is 0.573 e. The second-order valence-electron chi connectivity index (χ2n) is 11.9. The van der Waals surface area contributed by atoms with Crippen LogP contribution >= 0.6 is 12.2 Å². The molecule has 4 rings (SSSR count). The molecule has 0 bridgehead atoms. The summed E-state index contributed by atoms with van der Waals surface area (Å²) < 4.78 is 87.3. The molecular formula is C30H37F6N3O2S. The Labute approximate surface area is 248 Å². The summed E-state index contributed by atoms with van der Waals surface area (Å²) in [6.07, 6.45) is -7.55. The molecule has 2 aromatic carbocycles. The Morgan fingerprint density at radius 1 is 0.881 bits per heavy atom. The summed E-state index contributed by atoms with van der Waals surface area (Å²) in [6, 6.07) is 11.1. The highest BCUT2D eigenvalue weighted by Gasteiger charge is 2.39. The third kappa shape index (κ3) is 8.89. The molecule has 1 aliphatic heterocycles. The average molecular weight is 618 g/mol. The summed E-state index contributed by atoms with van der Waals surface area (Å²) in [5.74, 6) is -1.27. The van der Waals surface area contributed by atoms with E-state index in [1.807, 2.05) is 0 Å². The summed E-state index contributed by atoms with van der Waals surface area (Å²) in [6.45, 7) is 10.3. The Balaban J connectivity index is 1.20. The molecule has 2 aromatic rings. The van der Waals surface area contributed by atoms with Crippen molar-refractivity contribution in [1.82, 2.24) is 4.90 Å². The number of benzene rings is 2. The molecule has 42 heavy (non-hydrogen) atoms. The normalized spacial score (nSPS) is 20.4. The Morgan fingerprint density at radius 3 is 2.05 bits per heavy atom. The Hall–Kier alpha value is -2.73. The lowest BCUT2D eigenvalue weighted by atomic mass is 9.87. The topological polar surface area (TPSA) is 37.0 Å². The van der Waals surface area contributed by atoms with E-state index >= 15 is 0 Å². The van der Waals surface area contributed by atoms with Gasteiger partial charge in [0.15, 0.2) is 0 Å². The number of nitrogens with one attached hydrogen (secondary N) is 1. The lowest BCUT2D eigenvalue weighted by Gasteiger charge is -2.38. The predicted octanol–water partition coefficient (Wildman–Crippen LogP) is 7.79. The van der Waals surface area contributed by atoms with Crippen molar-refractivity contribution in [3.63, 3.8) is 0 Å². The van der Waals surface area contributed by atoms with Crippen molar-refractivity contribution in [3.8, 4) is 5.75 Å². The summed E-state index contributed by atoms with van der Waals surface area (Å²) in [4.78, 5) is 5.29. The van der Waals surface area contributed by atoms with Gasteiger partial charge in [0.25, 0.3) is 0 Å². The van der Waals surface area contributed by atoms with Gasteiger partial charge in [-0.15, -0.1) is 13.2 Å². The smallest absolute Gasteiger partial charge is 0.405 e. The van der Waals surface area contributed by atoms with E-state index in [2.05, 4.69) is 64.9 Å². The summed E-state index contributed by atoms with van der Waals surface area (Å²) in [5.41, 5.74) is 1.23. The Bertz CT molecular complexity index is 1200. The van der Waals surface area contributed by atoms with Gasteiger partial charge in [-0.05, 0) is 67.0 Å². The monoisotopic (exact) mass is 617 g/mol. The molecule has 0 aromatic heterocycles. The van der Waals surface area contributed by atoms with Crippen LogP contribution in [0.2, 0.25) is 0 Å². The summed E-state index contributed by atoms with van der Waals surface area (Å²) in [7, 11) is 0. The molecule has 1 N–H and O–H groups in total. The summed E-state index contributed by atoms with van der Waals surface area (Å²) in [5, 5.41) is 3.02. The van der Waals surface area contributed by atoms with Crippen molar-refractivity contribution in [2.45, 2.75) is 76.6 Å². The molecule has 0 spiro atoms. The first-order valence-corrected chi connectivity index (χ1v) is 14.5. The van der Waals surface area contributed by atoms with Gasteiger partial charge in [0.05, 0.1) is 18.3 Å². The van der Waals surface area contributed by atoms with Gasteiger partial charge in [-0.2, -0.15) is 13.2 Å². The number of anilines is 2. The number of alkyl halides is 6. The number of thiocarbonyl (C=S) groups is 1. The Kier molecular flexibility index (Phi) is 9.86. The number of hydrogen-bond acceptors (Lipinski definition) is 5. The standard InChI is InChI=1S/C30H37F6N3O2S/c1-28(2,3)20-4-9-23(10-5-20)38-14-16-39(17-15-38)27(42)19-40-24-11-6-21(7-12-24)37-22-8-13-26(41-30(34,35)36)25(18-22)29(31,32)33/h4-5,8-10,13,18,21,24,37H,6-7,11-12,14-17,19H2,1-3H3. The number of halogens is 6. The van der Waals surface area contributed by atoms with Crippen molar-refractivity contribution >= 4 is 28.6 Å². The maximum absolute atomic E-state index is 13.4. The highest BCUT2D eigenvalue weighted by molar-refractivity contribution is 7.80. The lowest BCUT2D eigenvalue weighted by Crippen LogP contribution is -2.49. The van der Waals surface area contributed by atoms with Gasteiger partial charge >= 0.3 is 12.5 Å². The van der Waals surface area contributed by atoms with Gasteiger partial charge in [0, 0.05) is 43.6 Å². The predicted molar refractivity (Wildman–Crippen MR) is 155 cm³/mol. The average Bonchev–Trinajstić information content (AvgIpc) is 2.91. The van der Waals surface area contributed by atoms with E-state index in [4.69, 9.17) is 17.0 Å². The SMILES string of the molecule is CC(C)(C)c1ccc(N2CCN(C(=S)COC3CCC(Nc4ccc(OC(F)(F)F)c(C(F)(F)F)c4)CC3)CC2)cc1. The molecule has 232 valence electrons. The van der Waals surface area contributed by atoms with Crippen LogP contribution in [0.4, 0.5) is 37.7 Å². The Morgan fingerprint density at radius 2 is 1.50 bits per heavy atom. The third-order valence-electron chi connectivity index (χ3n) is 7.73. The molecular weight excluding hydrogens is 580 g/mol. The first-order chi connectivity index (χ1) is 19.6. The van der Waals surface area contributed by atoms with E-state index in [0.29, 0.717) is 44.4 Å². The van der Waals surface area contributed by atoms with E-state index in [9.17, 15) is 26.3 Å². The minimum Gasteiger partial charge on any atom is -0.405 e. The van der Waals surface area contributed by atoms with Crippen LogP contribution in [0.1, 0.15) is 57.6 Å². The van der Waals surface area contributed by atoms with Crippen molar-refractivity contribution in [1.29, 1.82) is 0 Å². The van der Waals surface area contributed by atoms with E-state index < -0.39 is 23.9 Å². The van der Waals surface area contributed by atoms with Crippen LogP contribution in [0.5, 0.6) is 5.75 Å². The van der Waals surface area contributed by atoms with Crippen LogP contribution in [-0.4, -0.2) is 61.2 Å². The van der Waals surface area contributed by atoms with Gasteiger partial charge in [0.2, 0.25) is 0 Å². The van der Waals surface area contributed by atoms with Crippen LogP contribution < -0.4 is 15.0 Å². The van der Waals surface area contributed by atoms with Gasteiger partial charge in [-0.3, -0.25) is 0 Å². The van der Waals surface area contributed by atoms with Crippen molar-refractivity contribution < 1.29 is 35.8 Å². The molecule has 1 saturated heterocycles. The van der Waals surface area contributed by atoms with Crippen molar-refractivity contribution in [3.05, 3.63) is 53.6 Å². The minimum absolute atomic E-state index is 0.0167. The fraction of sp³-hybridized carbons (Fsp3) is 0.567. The maximum Gasteiger partial charge on any atom is 0.573 e. The van der Waals surface area contributed by atoms with Gasteiger partial charge in [-0.25, -0.2) is 0 Å². The number of hydrogen-bond donors (Lipinski definition) is 1. The van der Waals surface area contributed by atoms with Crippen molar-refractivity contribution in [2.24, 2.45) is 0 Å². The highest BCUT2D eigenvalue weighted by atomic mass is 32.1. The zero-order valence-corrected chi connectivity index (χ0v) is 24.8. The second kappa shape index (κ2) is 12.9. The zero-order valence-electron chi connectivity index (χ0n) is 23.9. The molecule has 12 heteroatoms. The molecule has 0 radical (unpaired) electrons. The molecule has 2 aliphatic rings. The number of nitrogens with zero attached hydrogens (tertiary/aromatic N) is 2. The minimum atomic E-state index is -5.22. The fourth-order valence-corrected chi connectivity index (χ4v) is 5.58. The van der Waals surface area contributed by atoms with E-state index in [1.165, 1.54) is 11.3 Å². The van der Waals surface area contributed by atoms with Gasteiger partial charge < -0.3 is 24.6 Å². The second-order valence-corrected chi connectivity index (χ2v) is 12.3. The number of ether oxygens (including phenoxy) is 2. The molecule has 0 amide bonds. The zero-order chi connectivity index (χ0) is 30.7. The number of rotatable bonds is 7. The van der Waals surface area contributed by atoms with Gasteiger partial charge in [-0.1, -0.05) is 45.1 Å². The lowest BCUT2D eigenvalue weighted by molar-refractivity contribution is -0.276. The maximum atomic E-state index is 13.4. The first kappa shape index (κ1) is 32.2. The molecule has 1 saturated carbocycles. The molecule has 2 fully saturated rings. The van der Waals surface area contributed by atoms with Crippen LogP contribution in [0, 0.1) is 0 Å². The number of piperazine rings is 1. The molecule has 1 aliphatic carbocycles. The fourth-order valence-electron chi connectivity index (χ4n) is 5.33. The summed E-state index contributed by atoms with van der Waals surface area (Å²) >= 11 is 5.65. The molecule has 0 unspecified atom stereocenters. The van der Waals surface area contributed by atoms with E-state index in [-0.39, 0.29) is 23.2 Å². The molecule has 0 atom stereocenters. The van der Waals surface area contributed by atoms with E-state index in [0.717, 1.165) is 37.2 Å². The van der Waals surface area contributed by atoms with E-state index in [1.54, 1.807) is 0 Å². The van der Waals surface area contributed by atoms with Crippen LogP contribution in [0.25, 0.3) is 0 Å². The highest BCUT2D eigenvalue weighted by Crippen LogP contribution is 2.40. The van der Waals surface area contributed by atoms with Crippen LogP contribution in [0.15, 0.2) is 42.5 Å². The molecule has 5 nitrogen and oxygen atoms in total. The quantitative estimate of drug-likeness (QED) is 0.253. The first-order valence-electron chi connectivity index (χ1n) is 14.1. The van der Waals surface area contributed by atoms with Gasteiger partial charge in [0.1, 0.15) is 10.7 Å². The van der Waals surface area contributed by atoms with Crippen LogP contribution in [0.3, 0.4) is 0 Å².